The average molecular weight is 416 g/mol. The Labute approximate surface area is 124 Å². The molecule has 0 radical (unpaired) electrons. The third-order valence-electron chi connectivity index (χ3n) is 2.98. The smallest absolute Gasteiger partial charge is 0.264 e. The Balaban J connectivity index is 3.79. The summed E-state index contributed by atoms with van der Waals surface area (Å²) in [5.74, 6) is -47.3. The van der Waals surface area contributed by atoms with E-state index in [2.05, 4.69) is 0 Å². The Morgan fingerprint density at radius 1 is 0.440 bits per heavy atom. The van der Waals surface area contributed by atoms with E-state index in [-0.39, 0.29) is 0 Å². The van der Waals surface area contributed by atoms with Crippen LogP contribution in [0.2, 0.25) is 0 Å². The van der Waals surface area contributed by atoms with E-state index in [1.54, 1.807) is 0 Å². The second-order valence-corrected chi connectivity index (χ2v) is 4.58. The largest absolute Gasteiger partial charge is 0.483 e. The van der Waals surface area contributed by atoms with Gasteiger partial charge in [0.1, 0.15) is 0 Å². The average Bonchev–Trinajstić information content (AvgIpc) is 2.34. The number of rotatable bonds is 2. The van der Waals surface area contributed by atoms with Crippen molar-refractivity contribution in [2.24, 2.45) is 0 Å². The lowest BCUT2D eigenvalue weighted by atomic mass is 9.78. The minimum atomic E-state index is -7.96. The Morgan fingerprint density at radius 2 is 0.680 bits per heavy atom. The molecule has 0 N–H and O–H groups in total. The van der Waals surface area contributed by atoms with Crippen LogP contribution in [-0.2, 0) is 4.74 Å². The molecule has 0 atom stereocenters. The molecular formula is C8F16O. The van der Waals surface area contributed by atoms with Gasteiger partial charge in [-0.05, 0) is 0 Å². The summed E-state index contributed by atoms with van der Waals surface area (Å²) in [6.45, 7) is 0. The van der Waals surface area contributed by atoms with Crippen LogP contribution in [-0.4, -0.2) is 47.8 Å². The molecule has 1 saturated carbocycles. The van der Waals surface area contributed by atoms with Crippen molar-refractivity contribution in [3.63, 3.8) is 0 Å². The SMILES string of the molecule is FC(F)(F)C(F)(F)OC1(F)C(F)(F)C(F)(F)C(F)(F)C(F)(F)C1(F)F. The van der Waals surface area contributed by atoms with Crippen molar-refractivity contribution < 1.29 is 75.0 Å². The quantitative estimate of drug-likeness (QED) is 0.575. The standard InChI is InChI=1S/C8F16O/c9-1(10)2(11,12)4(15,16)6(19,5(17,18)3(1,13)14)25-8(23,24)7(20,21)22. The number of hydrogen-bond donors (Lipinski definition) is 0. The number of halogens is 16. The number of alkyl halides is 16. The van der Waals surface area contributed by atoms with Gasteiger partial charge in [-0.1, -0.05) is 0 Å². The van der Waals surface area contributed by atoms with E-state index in [4.69, 9.17) is 0 Å². The van der Waals surface area contributed by atoms with Gasteiger partial charge in [-0.25, -0.2) is 0 Å². The van der Waals surface area contributed by atoms with Crippen molar-refractivity contribution in [2.45, 2.75) is 47.8 Å². The molecule has 1 nitrogen and oxygen atoms in total. The monoisotopic (exact) mass is 416 g/mol. The van der Waals surface area contributed by atoms with Crippen LogP contribution >= 0.6 is 0 Å². The fourth-order valence-corrected chi connectivity index (χ4v) is 1.56. The molecule has 25 heavy (non-hydrogen) atoms. The maximum absolute atomic E-state index is 13.5. The molecule has 1 rings (SSSR count). The molecule has 1 aliphatic carbocycles. The molecule has 0 heterocycles. The van der Waals surface area contributed by atoms with Crippen LogP contribution in [0.3, 0.4) is 0 Å². The zero-order chi connectivity index (χ0) is 20.7. The van der Waals surface area contributed by atoms with Gasteiger partial charge < -0.3 is 0 Å². The van der Waals surface area contributed by atoms with Gasteiger partial charge in [-0.2, -0.15) is 70.2 Å². The molecule has 0 aromatic carbocycles. The van der Waals surface area contributed by atoms with Crippen molar-refractivity contribution in [2.75, 3.05) is 0 Å². The Morgan fingerprint density at radius 3 is 0.920 bits per heavy atom. The second-order valence-electron chi connectivity index (χ2n) is 4.58. The van der Waals surface area contributed by atoms with Crippen molar-refractivity contribution in [1.82, 2.24) is 0 Å². The summed E-state index contributed by atoms with van der Waals surface area (Å²) >= 11 is 0. The van der Waals surface area contributed by atoms with Crippen LogP contribution < -0.4 is 0 Å². The first-order valence-electron chi connectivity index (χ1n) is 5.18. The second kappa shape index (κ2) is 4.76. The summed E-state index contributed by atoms with van der Waals surface area (Å²) in [4.78, 5) is 0. The van der Waals surface area contributed by atoms with Gasteiger partial charge in [0.25, 0.3) is 0 Å². The van der Waals surface area contributed by atoms with E-state index < -0.39 is 47.8 Å². The lowest BCUT2D eigenvalue weighted by Gasteiger charge is -2.52. The molecular weight excluding hydrogens is 416 g/mol. The molecule has 0 aromatic heterocycles. The van der Waals surface area contributed by atoms with E-state index in [0.29, 0.717) is 0 Å². The Hall–Kier alpha value is -1.16. The maximum Gasteiger partial charge on any atom is 0.483 e. The van der Waals surface area contributed by atoms with Gasteiger partial charge in [-0.15, -0.1) is 0 Å². The highest BCUT2D eigenvalue weighted by Crippen LogP contribution is 2.70. The van der Waals surface area contributed by atoms with Gasteiger partial charge in [0, 0.05) is 0 Å². The first-order valence-corrected chi connectivity index (χ1v) is 5.18. The highest BCUT2D eigenvalue weighted by atomic mass is 19.4. The van der Waals surface area contributed by atoms with Gasteiger partial charge in [0.05, 0.1) is 0 Å². The molecule has 1 aliphatic rings. The summed E-state index contributed by atoms with van der Waals surface area (Å²) < 4.78 is 204. The molecule has 0 aromatic rings. The maximum atomic E-state index is 13.5. The molecule has 17 heteroatoms. The van der Waals surface area contributed by atoms with Crippen LogP contribution in [0.25, 0.3) is 0 Å². The van der Waals surface area contributed by atoms with Crippen LogP contribution in [0, 0.1) is 0 Å². The van der Waals surface area contributed by atoms with E-state index in [0.717, 1.165) is 0 Å². The van der Waals surface area contributed by atoms with E-state index >= 15 is 0 Å². The van der Waals surface area contributed by atoms with Crippen molar-refractivity contribution in [1.29, 1.82) is 0 Å². The number of ether oxygens (including phenoxy) is 1. The van der Waals surface area contributed by atoms with Crippen LogP contribution in [0.1, 0.15) is 0 Å². The first-order chi connectivity index (χ1) is 10.5. The predicted octanol–water partition coefficient (Wildman–Crippen LogP) is 5.01. The zero-order valence-corrected chi connectivity index (χ0v) is 10.5. The van der Waals surface area contributed by atoms with Crippen molar-refractivity contribution in [3.8, 4) is 0 Å². The topological polar surface area (TPSA) is 9.23 Å². The molecule has 0 amide bonds. The Kier molecular flexibility index (Phi) is 4.17. The molecule has 0 saturated heterocycles. The van der Waals surface area contributed by atoms with E-state index in [9.17, 15) is 70.2 Å². The molecule has 0 bridgehead atoms. The zero-order valence-electron chi connectivity index (χ0n) is 10.5. The lowest BCUT2D eigenvalue weighted by Crippen LogP contribution is -2.85. The van der Waals surface area contributed by atoms with Gasteiger partial charge in [0.2, 0.25) is 0 Å². The number of hydrogen-bond acceptors (Lipinski definition) is 1. The predicted molar refractivity (Wildman–Crippen MR) is 40.7 cm³/mol. The molecule has 150 valence electrons. The summed E-state index contributed by atoms with van der Waals surface area (Å²) in [5, 5.41) is 0. The van der Waals surface area contributed by atoms with Gasteiger partial charge in [0.15, 0.2) is 0 Å². The summed E-state index contributed by atoms with van der Waals surface area (Å²) in [7, 11) is 0. The van der Waals surface area contributed by atoms with Crippen molar-refractivity contribution >= 4 is 0 Å². The van der Waals surface area contributed by atoms with E-state index in [1.165, 1.54) is 4.74 Å². The third-order valence-corrected chi connectivity index (χ3v) is 2.98. The van der Waals surface area contributed by atoms with Crippen LogP contribution in [0.15, 0.2) is 0 Å². The normalized spacial score (nSPS) is 29.3. The van der Waals surface area contributed by atoms with Crippen LogP contribution in [0.5, 0.6) is 0 Å². The van der Waals surface area contributed by atoms with Gasteiger partial charge >= 0.3 is 47.8 Å². The lowest BCUT2D eigenvalue weighted by molar-refractivity contribution is -0.561. The fraction of sp³-hybridized carbons (Fsp3) is 1.00. The van der Waals surface area contributed by atoms with Crippen LogP contribution in [0.4, 0.5) is 70.2 Å². The Bertz CT molecular complexity index is 513. The summed E-state index contributed by atoms with van der Waals surface area (Å²) in [6, 6.07) is 0. The minimum absolute atomic E-state index is 1.31. The van der Waals surface area contributed by atoms with Crippen molar-refractivity contribution in [3.05, 3.63) is 0 Å². The molecule has 0 unspecified atom stereocenters. The van der Waals surface area contributed by atoms with Gasteiger partial charge in [-0.3, -0.25) is 4.74 Å². The minimum Gasteiger partial charge on any atom is -0.264 e. The molecule has 0 aliphatic heterocycles. The molecule has 1 fully saturated rings. The third kappa shape index (κ3) is 2.16. The van der Waals surface area contributed by atoms with E-state index in [1.807, 2.05) is 0 Å². The summed E-state index contributed by atoms with van der Waals surface area (Å²) in [5.41, 5.74) is 0. The summed E-state index contributed by atoms with van der Waals surface area (Å²) in [6.07, 6.45) is -14.8. The molecule has 0 spiro atoms. The highest BCUT2D eigenvalue weighted by Gasteiger charge is 3.03. The fourth-order valence-electron chi connectivity index (χ4n) is 1.56. The first kappa shape index (κ1) is 21.9. The highest BCUT2D eigenvalue weighted by molar-refractivity contribution is 5.23.